The smallest absolute Gasteiger partial charge is 0.127 e. The summed E-state index contributed by atoms with van der Waals surface area (Å²) < 4.78 is 0. The summed E-state index contributed by atoms with van der Waals surface area (Å²) in [6.07, 6.45) is 0. The second kappa shape index (κ2) is 6.06. The van der Waals surface area contributed by atoms with Crippen LogP contribution in [0.25, 0.3) is 10.9 Å². The molecular formula is C19H21N3. The van der Waals surface area contributed by atoms with E-state index in [4.69, 9.17) is 0 Å². The van der Waals surface area contributed by atoms with Gasteiger partial charge in [0.2, 0.25) is 0 Å². The van der Waals surface area contributed by atoms with Crippen molar-refractivity contribution in [2.24, 2.45) is 0 Å². The monoisotopic (exact) mass is 291 g/mol. The highest BCUT2D eigenvalue weighted by molar-refractivity contribution is 5.83. The Morgan fingerprint density at radius 2 is 1.73 bits per heavy atom. The van der Waals surface area contributed by atoms with Gasteiger partial charge in [-0.15, -0.1) is 0 Å². The SMILES string of the molecule is Cc1cc(NCc2ccc(N(C)C)cc2)nc2ccccc12. The zero-order chi connectivity index (χ0) is 15.5. The third-order valence-corrected chi connectivity index (χ3v) is 3.85. The number of aromatic nitrogens is 1. The van der Waals surface area contributed by atoms with E-state index in [-0.39, 0.29) is 0 Å². The number of nitrogens with one attached hydrogen (secondary N) is 1. The molecule has 1 aromatic heterocycles. The Kier molecular flexibility index (Phi) is 3.96. The van der Waals surface area contributed by atoms with E-state index < -0.39 is 0 Å². The van der Waals surface area contributed by atoms with Gasteiger partial charge in [0.15, 0.2) is 0 Å². The molecule has 2 aromatic carbocycles. The maximum atomic E-state index is 4.68. The molecule has 0 aliphatic heterocycles. The van der Waals surface area contributed by atoms with E-state index in [1.807, 2.05) is 6.07 Å². The molecule has 3 heteroatoms. The van der Waals surface area contributed by atoms with Crippen molar-refractivity contribution in [3.05, 3.63) is 65.7 Å². The summed E-state index contributed by atoms with van der Waals surface area (Å²) in [5.41, 5.74) is 4.74. The van der Waals surface area contributed by atoms with E-state index in [0.29, 0.717) is 0 Å². The van der Waals surface area contributed by atoms with E-state index in [1.165, 1.54) is 22.2 Å². The van der Waals surface area contributed by atoms with Crippen molar-refractivity contribution >= 4 is 22.4 Å². The van der Waals surface area contributed by atoms with Gasteiger partial charge in [0.1, 0.15) is 5.82 Å². The number of hydrogen-bond acceptors (Lipinski definition) is 3. The zero-order valence-electron chi connectivity index (χ0n) is 13.3. The Bertz CT molecular complexity index is 776. The minimum absolute atomic E-state index is 0.776. The summed E-state index contributed by atoms with van der Waals surface area (Å²) in [5.74, 6) is 0.924. The van der Waals surface area contributed by atoms with Crippen molar-refractivity contribution in [1.82, 2.24) is 4.98 Å². The number of anilines is 2. The van der Waals surface area contributed by atoms with E-state index >= 15 is 0 Å². The Hall–Kier alpha value is -2.55. The average molecular weight is 291 g/mol. The molecular weight excluding hydrogens is 270 g/mol. The highest BCUT2D eigenvalue weighted by Gasteiger charge is 2.02. The van der Waals surface area contributed by atoms with Gasteiger partial charge in [0.25, 0.3) is 0 Å². The largest absolute Gasteiger partial charge is 0.378 e. The van der Waals surface area contributed by atoms with Crippen LogP contribution in [0.1, 0.15) is 11.1 Å². The van der Waals surface area contributed by atoms with Gasteiger partial charge in [0, 0.05) is 31.7 Å². The van der Waals surface area contributed by atoms with Crippen LogP contribution >= 0.6 is 0 Å². The molecule has 112 valence electrons. The number of benzene rings is 2. The number of rotatable bonds is 4. The van der Waals surface area contributed by atoms with E-state index in [2.05, 4.69) is 84.8 Å². The van der Waals surface area contributed by atoms with Crippen molar-refractivity contribution in [2.75, 3.05) is 24.3 Å². The maximum Gasteiger partial charge on any atom is 0.127 e. The maximum absolute atomic E-state index is 4.68. The topological polar surface area (TPSA) is 28.2 Å². The molecule has 0 atom stereocenters. The van der Waals surface area contributed by atoms with Crippen molar-refractivity contribution < 1.29 is 0 Å². The molecule has 3 nitrogen and oxygen atoms in total. The molecule has 0 radical (unpaired) electrons. The summed E-state index contributed by atoms with van der Waals surface area (Å²) in [4.78, 5) is 6.78. The lowest BCUT2D eigenvalue weighted by Crippen LogP contribution is -2.08. The first kappa shape index (κ1) is 14.4. The van der Waals surface area contributed by atoms with Crippen molar-refractivity contribution in [3.8, 4) is 0 Å². The van der Waals surface area contributed by atoms with Gasteiger partial charge in [-0.2, -0.15) is 0 Å². The van der Waals surface area contributed by atoms with Gasteiger partial charge in [-0.3, -0.25) is 0 Å². The summed E-state index contributed by atoms with van der Waals surface area (Å²) in [5, 5.41) is 4.63. The first-order chi connectivity index (χ1) is 10.6. The Morgan fingerprint density at radius 3 is 2.45 bits per heavy atom. The molecule has 0 saturated heterocycles. The van der Waals surface area contributed by atoms with Crippen molar-refractivity contribution in [2.45, 2.75) is 13.5 Å². The molecule has 0 spiro atoms. The number of fused-ring (bicyclic) bond motifs is 1. The van der Waals surface area contributed by atoms with E-state index in [9.17, 15) is 0 Å². The number of pyridine rings is 1. The van der Waals surface area contributed by atoms with E-state index in [1.54, 1.807) is 0 Å². The van der Waals surface area contributed by atoms with Gasteiger partial charge in [-0.25, -0.2) is 4.98 Å². The second-order valence-electron chi connectivity index (χ2n) is 5.76. The number of nitrogens with zero attached hydrogens (tertiary/aromatic N) is 2. The normalized spacial score (nSPS) is 10.7. The summed E-state index contributed by atoms with van der Waals surface area (Å²) >= 11 is 0. The van der Waals surface area contributed by atoms with Gasteiger partial charge in [-0.1, -0.05) is 30.3 Å². The lowest BCUT2D eigenvalue weighted by molar-refractivity contribution is 1.10. The van der Waals surface area contributed by atoms with Crippen LogP contribution in [0.5, 0.6) is 0 Å². The predicted molar refractivity (Wildman–Crippen MR) is 94.6 cm³/mol. The first-order valence-electron chi connectivity index (χ1n) is 7.50. The van der Waals surface area contributed by atoms with Crippen LogP contribution in [0.4, 0.5) is 11.5 Å². The van der Waals surface area contributed by atoms with Crippen molar-refractivity contribution in [1.29, 1.82) is 0 Å². The summed E-state index contributed by atoms with van der Waals surface area (Å²) in [6, 6.07) is 18.9. The van der Waals surface area contributed by atoms with Gasteiger partial charge < -0.3 is 10.2 Å². The van der Waals surface area contributed by atoms with Gasteiger partial charge in [-0.05, 0) is 42.3 Å². The molecule has 1 heterocycles. The van der Waals surface area contributed by atoms with E-state index in [0.717, 1.165) is 17.9 Å². The molecule has 0 amide bonds. The molecule has 0 aliphatic carbocycles. The first-order valence-corrected chi connectivity index (χ1v) is 7.50. The minimum Gasteiger partial charge on any atom is -0.378 e. The zero-order valence-corrected chi connectivity index (χ0v) is 13.3. The van der Waals surface area contributed by atoms with Crippen molar-refractivity contribution in [3.63, 3.8) is 0 Å². The highest BCUT2D eigenvalue weighted by atomic mass is 15.1. The fourth-order valence-corrected chi connectivity index (χ4v) is 2.54. The lowest BCUT2D eigenvalue weighted by atomic mass is 10.1. The third-order valence-electron chi connectivity index (χ3n) is 3.85. The molecule has 0 bridgehead atoms. The van der Waals surface area contributed by atoms with Crippen LogP contribution < -0.4 is 10.2 Å². The molecule has 0 saturated carbocycles. The highest BCUT2D eigenvalue weighted by Crippen LogP contribution is 2.20. The molecule has 0 unspecified atom stereocenters. The van der Waals surface area contributed by atoms with Crippen LogP contribution in [0.2, 0.25) is 0 Å². The molecule has 3 aromatic rings. The average Bonchev–Trinajstić information content (AvgIpc) is 2.53. The Balaban J connectivity index is 1.76. The Labute approximate surface area is 131 Å². The third kappa shape index (κ3) is 3.03. The number of para-hydroxylation sites is 1. The lowest BCUT2D eigenvalue weighted by Gasteiger charge is -2.13. The number of aryl methyl sites for hydroxylation is 1. The fourth-order valence-electron chi connectivity index (χ4n) is 2.54. The Morgan fingerprint density at radius 1 is 1.00 bits per heavy atom. The molecule has 0 fully saturated rings. The quantitative estimate of drug-likeness (QED) is 0.780. The van der Waals surface area contributed by atoms with Crippen LogP contribution in [0.15, 0.2) is 54.6 Å². The molecule has 22 heavy (non-hydrogen) atoms. The fraction of sp³-hybridized carbons (Fsp3) is 0.211. The predicted octanol–water partition coefficient (Wildman–Crippen LogP) is 4.22. The van der Waals surface area contributed by atoms with Gasteiger partial charge >= 0.3 is 0 Å². The molecule has 1 N–H and O–H groups in total. The summed E-state index contributed by atoms with van der Waals surface area (Å²) in [7, 11) is 4.10. The summed E-state index contributed by atoms with van der Waals surface area (Å²) in [6.45, 7) is 2.90. The standard InChI is InChI=1S/C19H21N3/c1-14-12-19(21-18-7-5-4-6-17(14)18)20-13-15-8-10-16(11-9-15)22(2)3/h4-12H,13H2,1-3H3,(H,20,21). The molecule has 3 rings (SSSR count). The van der Waals surface area contributed by atoms with Crippen LogP contribution in [-0.2, 0) is 6.54 Å². The van der Waals surface area contributed by atoms with Crippen LogP contribution in [-0.4, -0.2) is 19.1 Å². The van der Waals surface area contributed by atoms with Crippen LogP contribution in [0, 0.1) is 6.92 Å². The second-order valence-corrected chi connectivity index (χ2v) is 5.76. The van der Waals surface area contributed by atoms with Gasteiger partial charge in [0.05, 0.1) is 5.52 Å². The number of hydrogen-bond donors (Lipinski definition) is 1. The molecule has 0 aliphatic rings. The van der Waals surface area contributed by atoms with Crippen LogP contribution in [0.3, 0.4) is 0 Å². The minimum atomic E-state index is 0.776.